The fraction of sp³-hybridized carbons (Fsp3) is 0.188. The van der Waals surface area contributed by atoms with E-state index in [4.69, 9.17) is 26.9 Å². The van der Waals surface area contributed by atoms with Crippen LogP contribution >= 0.6 is 11.6 Å². The minimum absolute atomic E-state index is 0.0786. The number of para-hydroxylation sites is 1. The molecule has 1 aromatic carbocycles. The Labute approximate surface area is 139 Å². The van der Waals surface area contributed by atoms with Gasteiger partial charge in [-0.15, -0.1) is 0 Å². The van der Waals surface area contributed by atoms with Gasteiger partial charge < -0.3 is 20.6 Å². The molecule has 122 valence electrons. The first-order chi connectivity index (χ1) is 10.8. The summed E-state index contributed by atoms with van der Waals surface area (Å²) < 4.78 is 5.32. The summed E-state index contributed by atoms with van der Waals surface area (Å²) in [6, 6.07) is 5.09. The molecule has 0 aromatic heterocycles. The lowest BCUT2D eigenvalue weighted by Crippen LogP contribution is -2.11. The lowest BCUT2D eigenvalue weighted by atomic mass is 10.1. The second kappa shape index (κ2) is 8.14. The predicted molar refractivity (Wildman–Crippen MR) is 92.4 cm³/mol. The molecule has 23 heavy (non-hydrogen) atoms. The van der Waals surface area contributed by atoms with Crippen molar-refractivity contribution in [2.24, 2.45) is 4.99 Å². The molecule has 0 unspecified atom stereocenters. The van der Waals surface area contributed by atoms with Crippen molar-refractivity contribution < 1.29 is 14.6 Å². The van der Waals surface area contributed by atoms with Gasteiger partial charge in [0, 0.05) is 18.3 Å². The molecular weight excluding hydrogens is 318 g/mol. The Kier molecular flexibility index (Phi) is 6.53. The Morgan fingerprint density at radius 1 is 1.52 bits per heavy atom. The van der Waals surface area contributed by atoms with Gasteiger partial charge in [0.15, 0.2) is 5.75 Å². The Morgan fingerprint density at radius 2 is 2.17 bits per heavy atom. The molecule has 6 nitrogen and oxygen atoms in total. The maximum absolute atomic E-state index is 11.2. The number of carboxylic acids is 1. The molecule has 0 bridgehead atoms. The topological polar surface area (TPSA) is 94.8 Å². The van der Waals surface area contributed by atoms with Crippen LogP contribution in [0.2, 0.25) is 0 Å². The highest BCUT2D eigenvalue weighted by Gasteiger charge is 2.15. The number of allylic oxidation sites excluding steroid dienone is 1. The van der Waals surface area contributed by atoms with E-state index in [1.165, 1.54) is 13.2 Å². The van der Waals surface area contributed by atoms with E-state index in [2.05, 4.69) is 16.9 Å². The third kappa shape index (κ3) is 4.69. The Hall–Kier alpha value is -2.60. The summed E-state index contributed by atoms with van der Waals surface area (Å²) in [6.07, 6.45) is 1.36. The molecule has 1 rings (SSSR count). The van der Waals surface area contributed by atoms with Crippen LogP contribution in [0.4, 0.5) is 5.69 Å². The van der Waals surface area contributed by atoms with E-state index in [0.717, 1.165) is 0 Å². The maximum Gasteiger partial charge on any atom is 0.337 e. The summed E-state index contributed by atoms with van der Waals surface area (Å²) in [5.74, 6) is -0.830. The zero-order chi connectivity index (χ0) is 17.6. The van der Waals surface area contributed by atoms with Crippen molar-refractivity contribution in [2.45, 2.75) is 6.92 Å². The third-order valence-corrected chi connectivity index (χ3v) is 3.21. The average Bonchev–Trinajstić information content (AvgIpc) is 2.52. The lowest BCUT2D eigenvalue weighted by molar-refractivity contribution is -0.132. The molecule has 0 saturated heterocycles. The van der Waals surface area contributed by atoms with E-state index >= 15 is 0 Å². The number of aliphatic imine (C=N–C) groups is 1. The first kappa shape index (κ1) is 18.4. The monoisotopic (exact) mass is 335 g/mol. The number of hydrogen-bond acceptors (Lipinski definition) is 5. The minimum Gasteiger partial charge on any atom is -0.494 e. The SMILES string of the molecule is C=C(C(=O)O)C(/C=C(/Cl)NC)=Nc1cccc(C(C)=N)c1OC. The van der Waals surface area contributed by atoms with Crippen molar-refractivity contribution in [3.8, 4) is 5.75 Å². The van der Waals surface area contributed by atoms with E-state index in [9.17, 15) is 4.79 Å². The Morgan fingerprint density at radius 3 is 2.65 bits per heavy atom. The molecule has 0 atom stereocenters. The van der Waals surface area contributed by atoms with Gasteiger partial charge in [0.1, 0.15) is 10.8 Å². The Bertz CT molecular complexity index is 709. The van der Waals surface area contributed by atoms with Gasteiger partial charge in [0.05, 0.1) is 18.4 Å². The van der Waals surface area contributed by atoms with Crippen LogP contribution in [0.25, 0.3) is 0 Å². The highest BCUT2D eigenvalue weighted by molar-refractivity contribution is 6.33. The molecule has 0 spiro atoms. The first-order valence-corrected chi connectivity index (χ1v) is 6.98. The van der Waals surface area contributed by atoms with Crippen molar-refractivity contribution in [2.75, 3.05) is 14.2 Å². The molecule has 3 N–H and O–H groups in total. The quantitative estimate of drug-likeness (QED) is 0.405. The fourth-order valence-electron chi connectivity index (χ4n) is 1.74. The standard InChI is InChI=1S/C16H18ClN3O3/c1-9(16(21)22)13(8-14(17)19-3)20-12-7-5-6-11(10(2)18)15(12)23-4/h5-8,18-19H,1H2,2-4H3,(H,21,22)/b14-8-,18-10?,20-13?. The highest BCUT2D eigenvalue weighted by atomic mass is 35.5. The van der Waals surface area contributed by atoms with Gasteiger partial charge in [-0.3, -0.25) is 0 Å². The molecule has 0 fully saturated rings. The number of rotatable bonds is 7. The van der Waals surface area contributed by atoms with Gasteiger partial charge in [-0.25, -0.2) is 9.79 Å². The van der Waals surface area contributed by atoms with Crippen LogP contribution < -0.4 is 10.1 Å². The molecule has 0 heterocycles. The number of aliphatic carboxylic acids is 1. The van der Waals surface area contributed by atoms with Crippen molar-refractivity contribution in [1.29, 1.82) is 5.41 Å². The average molecular weight is 336 g/mol. The first-order valence-electron chi connectivity index (χ1n) is 6.60. The van der Waals surface area contributed by atoms with Gasteiger partial charge in [-0.2, -0.15) is 0 Å². The molecule has 0 aliphatic heterocycles. The van der Waals surface area contributed by atoms with Crippen molar-refractivity contribution in [3.05, 3.63) is 47.1 Å². The normalized spacial score (nSPS) is 11.8. The number of nitrogens with zero attached hydrogens (tertiary/aromatic N) is 1. The van der Waals surface area contributed by atoms with Crippen LogP contribution in [0, 0.1) is 5.41 Å². The van der Waals surface area contributed by atoms with E-state index in [-0.39, 0.29) is 16.4 Å². The van der Waals surface area contributed by atoms with E-state index in [1.807, 2.05) is 0 Å². The van der Waals surface area contributed by atoms with Gasteiger partial charge >= 0.3 is 5.97 Å². The molecule has 1 aromatic rings. The lowest BCUT2D eigenvalue weighted by Gasteiger charge is -2.11. The minimum atomic E-state index is -1.21. The number of methoxy groups -OCH3 is 1. The molecule has 0 aliphatic rings. The predicted octanol–water partition coefficient (Wildman–Crippen LogP) is 3.10. The van der Waals surface area contributed by atoms with Gasteiger partial charge in [0.2, 0.25) is 0 Å². The molecule has 0 saturated carbocycles. The second-order valence-corrected chi connectivity index (χ2v) is 4.91. The molecule has 0 amide bonds. The van der Waals surface area contributed by atoms with Crippen LogP contribution in [0.3, 0.4) is 0 Å². The van der Waals surface area contributed by atoms with Gasteiger partial charge in [0.25, 0.3) is 0 Å². The fourth-order valence-corrected chi connectivity index (χ4v) is 1.84. The zero-order valence-corrected chi connectivity index (χ0v) is 13.9. The number of ether oxygens (including phenoxy) is 1. The largest absolute Gasteiger partial charge is 0.494 e. The number of benzene rings is 1. The number of carboxylic acid groups (broad SMARTS) is 1. The van der Waals surface area contributed by atoms with E-state index in [1.54, 1.807) is 32.2 Å². The molecule has 0 aliphatic carbocycles. The van der Waals surface area contributed by atoms with Crippen LogP contribution in [0.5, 0.6) is 5.75 Å². The summed E-state index contributed by atoms with van der Waals surface area (Å²) in [5, 5.41) is 19.8. The van der Waals surface area contributed by atoms with Gasteiger partial charge in [-0.1, -0.05) is 24.2 Å². The van der Waals surface area contributed by atoms with Crippen molar-refractivity contribution in [3.63, 3.8) is 0 Å². The summed E-state index contributed by atoms with van der Waals surface area (Å²) >= 11 is 5.90. The van der Waals surface area contributed by atoms with Crippen LogP contribution in [0.15, 0.2) is 46.6 Å². The van der Waals surface area contributed by atoms with E-state index in [0.29, 0.717) is 22.7 Å². The third-order valence-electron chi connectivity index (χ3n) is 2.91. The maximum atomic E-state index is 11.2. The second-order valence-electron chi connectivity index (χ2n) is 4.51. The van der Waals surface area contributed by atoms with Crippen LogP contribution in [-0.4, -0.2) is 36.7 Å². The van der Waals surface area contributed by atoms with Crippen molar-refractivity contribution in [1.82, 2.24) is 5.32 Å². The van der Waals surface area contributed by atoms with Crippen molar-refractivity contribution >= 4 is 34.7 Å². The van der Waals surface area contributed by atoms with Crippen LogP contribution in [-0.2, 0) is 4.79 Å². The summed E-state index contributed by atoms with van der Waals surface area (Å²) in [4.78, 5) is 15.5. The van der Waals surface area contributed by atoms with E-state index < -0.39 is 5.97 Å². The molecule has 7 heteroatoms. The number of hydrogen-bond donors (Lipinski definition) is 3. The van der Waals surface area contributed by atoms with Gasteiger partial charge in [-0.05, 0) is 25.1 Å². The number of nitrogens with one attached hydrogen (secondary N) is 2. The molecular formula is C16H18ClN3O3. The number of halogens is 1. The summed E-state index contributed by atoms with van der Waals surface area (Å²) in [5.41, 5.74) is 1.12. The zero-order valence-electron chi connectivity index (χ0n) is 13.1. The Balaban J connectivity index is 3.54. The smallest absolute Gasteiger partial charge is 0.337 e. The molecule has 0 radical (unpaired) electrons. The van der Waals surface area contributed by atoms with Crippen LogP contribution in [0.1, 0.15) is 12.5 Å². The summed E-state index contributed by atoms with van der Waals surface area (Å²) in [7, 11) is 3.06. The number of carbonyl (C=O) groups is 1. The highest BCUT2D eigenvalue weighted by Crippen LogP contribution is 2.32. The summed E-state index contributed by atoms with van der Waals surface area (Å²) in [6.45, 7) is 5.13.